The highest BCUT2D eigenvalue weighted by Gasteiger charge is 2.39. The maximum absolute atomic E-state index is 13.2. The van der Waals surface area contributed by atoms with Crippen molar-refractivity contribution in [3.8, 4) is 5.75 Å². The van der Waals surface area contributed by atoms with Crippen LogP contribution in [-0.4, -0.2) is 79.7 Å². The Kier molecular flexibility index (Phi) is 9.14. The third-order valence-corrected chi connectivity index (χ3v) is 7.69. The second kappa shape index (κ2) is 12.5. The van der Waals surface area contributed by atoms with Crippen molar-refractivity contribution in [3.63, 3.8) is 0 Å². The molecule has 3 atom stereocenters. The van der Waals surface area contributed by atoms with Gasteiger partial charge in [0.1, 0.15) is 11.8 Å². The Morgan fingerprint density at radius 3 is 2.74 bits per heavy atom. The normalized spacial score (nSPS) is 22.4. The molecule has 190 valence electrons. The lowest BCUT2D eigenvalue weighted by molar-refractivity contribution is -0.127. The molecule has 3 heterocycles. The summed E-state index contributed by atoms with van der Waals surface area (Å²) in [5.41, 5.74) is 6.81. The van der Waals surface area contributed by atoms with Crippen molar-refractivity contribution in [2.75, 3.05) is 39.9 Å². The zero-order valence-corrected chi connectivity index (χ0v) is 21.2. The minimum atomic E-state index is -0.530. The number of thiophene rings is 1. The molecule has 2 aromatic rings. The number of nitrogens with two attached hydrogens (primary N) is 1. The fraction of sp³-hybridized carbons (Fsp3) is 0.538. The Hall–Kier alpha value is -2.46. The van der Waals surface area contributed by atoms with E-state index in [9.17, 15) is 9.59 Å². The number of nitrogens with zero attached hydrogens (tertiary/aromatic N) is 2. The van der Waals surface area contributed by atoms with E-state index in [4.69, 9.17) is 15.2 Å². The fourth-order valence-corrected chi connectivity index (χ4v) is 5.66. The summed E-state index contributed by atoms with van der Waals surface area (Å²) in [7, 11) is 1.67. The molecule has 2 fully saturated rings. The lowest BCUT2D eigenvalue weighted by Gasteiger charge is -2.43. The number of likely N-dealkylation sites (tertiary alicyclic amines) is 1. The summed E-state index contributed by atoms with van der Waals surface area (Å²) in [4.78, 5) is 31.3. The molecular weight excluding hydrogens is 464 g/mol. The largest absolute Gasteiger partial charge is 0.497 e. The minimum absolute atomic E-state index is 0.0767. The van der Waals surface area contributed by atoms with Crippen LogP contribution in [0.2, 0.25) is 0 Å². The van der Waals surface area contributed by atoms with Gasteiger partial charge in [-0.3, -0.25) is 14.5 Å². The highest BCUT2D eigenvalue weighted by atomic mass is 32.1. The molecule has 8 nitrogen and oxygen atoms in total. The molecule has 2 aliphatic rings. The Morgan fingerprint density at radius 2 is 2.09 bits per heavy atom. The van der Waals surface area contributed by atoms with Crippen LogP contribution >= 0.6 is 11.3 Å². The number of piperidine rings is 1. The van der Waals surface area contributed by atoms with E-state index in [0.29, 0.717) is 30.9 Å². The minimum Gasteiger partial charge on any atom is -0.497 e. The molecule has 0 bridgehead atoms. The van der Waals surface area contributed by atoms with Crippen LogP contribution in [0.1, 0.15) is 40.9 Å². The van der Waals surface area contributed by atoms with Gasteiger partial charge in [-0.15, -0.1) is 11.3 Å². The van der Waals surface area contributed by atoms with Crippen LogP contribution < -0.4 is 15.8 Å². The smallest absolute Gasteiger partial charge is 0.264 e. The number of nitrogens with one attached hydrogen (secondary N) is 1. The van der Waals surface area contributed by atoms with Gasteiger partial charge in [0.2, 0.25) is 5.91 Å². The molecule has 2 unspecified atom stereocenters. The van der Waals surface area contributed by atoms with Crippen molar-refractivity contribution in [2.24, 2.45) is 5.73 Å². The molecule has 2 amide bonds. The molecule has 4 rings (SSSR count). The van der Waals surface area contributed by atoms with Crippen molar-refractivity contribution in [1.29, 1.82) is 0 Å². The summed E-state index contributed by atoms with van der Waals surface area (Å²) in [5, 5.41) is 4.81. The summed E-state index contributed by atoms with van der Waals surface area (Å²) in [6.07, 6.45) is 3.72. The van der Waals surface area contributed by atoms with Gasteiger partial charge >= 0.3 is 0 Å². The van der Waals surface area contributed by atoms with E-state index < -0.39 is 6.04 Å². The van der Waals surface area contributed by atoms with Gasteiger partial charge in [-0.05, 0) is 54.8 Å². The average Bonchev–Trinajstić information content (AvgIpc) is 3.61. The van der Waals surface area contributed by atoms with Crippen LogP contribution in [0.4, 0.5) is 0 Å². The Bertz CT molecular complexity index is 947. The summed E-state index contributed by atoms with van der Waals surface area (Å²) < 4.78 is 11.3. The van der Waals surface area contributed by atoms with Crippen LogP contribution in [0, 0.1) is 0 Å². The van der Waals surface area contributed by atoms with Crippen LogP contribution in [0.3, 0.4) is 0 Å². The van der Waals surface area contributed by atoms with Gasteiger partial charge in [0, 0.05) is 45.4 Å². The van der Waals surface area contributed by atoms with E-state index in [1.165, 1.54) is 16.9 Å². The van der Waals surface area contributed by atoms with Crippen LogP contribution in [0.25, 0.3) is 0 Å². The quantitative estimate of drug-likeness (QED) is 0.520. The van der Waals surface area contributed by atoms with Gasteiger partial charge in [0.15, 0.2) is 0 Å². The van der Waals surface area contributed by atoms with Gasteiger partial charge in [0.25, 0.3) is 5.91 Å². The molecule has 9 heteroatoms. The second-order valence-electron chi connectivity index (χ2n) is 9.16. The molecule has 1 aromatic heterocycles. The van der Waals surface area contributed by atoms with E-state index in [1.54, 1.807) is 12.0 Å². The van der Waals surface area contributed by atoms with Crippen molar-refractivity contribution < 1.29 is 19.1 Å². The van der Waals surface area contributed by atoms with Gasteiger partial charge in [0.05, 0.1) is 18.1 Å². The zero-order chi connectivity index (χ0) is 24.6. The number of methoxy groups -OCH3 is 1. The molecule has 1 aromatic carbocycles. The first-order valence-electron chi connectivity index (χ1n) is 12.4. The lowest BCUT2D eigenvalue weighted by atomic mass is 9.93. The Morgan fingerprint density at radius 1 is 1.26 bits per heavy atom. The van der Waals surface area contributed by atoms with Gasteiger partial charge in [-0.25, -0.2) is 0 Å². The third-order valence-electron chi connectivity index (χ3n) is 6.84. The van der Waals surface area contributed by atoms with Crippen molar-refractivity contribution in [2.45, 2.75) is 50.4 Å². The second-order valence-corrected chi connectivity index (χ2v) is 10.1. The molecule has 2 saturated heterocycles. The molecular formula is C26H36N4O4S. The molecule has 2 aliphatic heterocycles. The lowest BCUT2D eigenvalue weighted by Crippen LogP contribution is -2.58. The van der Waals surface area contributed by atoms with Crippen LogP contribution in [0.5, 0.6) is 5.75 Å². The van der Waals surface area contributed by atoms with Gasteiger partial charge < -0.3 is 25.4 Å². The van der Waals surface area contributed by atoms with Gasteiger partial charge in [-0.2, -0.15) is 0 Å². The topological polar surface area (TPSA) is 97.1 Å². The number of hydrogen-bond donors (Lipinski definition) is 2. The first-order chi connectivity index (χ1) is 17.1. The monoisotopic (exact) mass is 500 g/mol. The first-order valence-corrected chi connectivity index (χ1v) is 13.3. The number of carbonyl (C=O) groups excluding carboxylic acids is 2. The predicted octanol–water partition coefficient (Wildman–Crippen LogP) is 2.49. The SMILES string of the molecule is COc1ccc(CN(CC2CCCO2)C2CCN(C(=O)c3cccs3)[C@@H](C(=O)NCCN)C2)cc1. The molecule has 0 spiro atoms. The number of ether oxygens (including phenoxy) is 2. The highest BCUT2D eigenvalue weighted by molar-refractivity contribution is 7.12. The zero-order valence-electron chi connectivity index (χ0n) is 20.4. The third kappa shape index (κ3) is 6.61. The summed E-state index contributed by atoms with van der Waals surface area (Å²) in [5.74, 6) is 0.621. The summed E-state index contributed by atoms with van der Waals surface area (Å²) in [6.45, 7) is 3.67. The standard InChI is InChI=1S/C26H36N4O4S/c1-33-21-8-6-19(7-9-21)17-29(18-22-4-2-14-34-22)20-10-13-30(26(32)24-5-3-15-35-24)23(16-20)25(31)28-12-11-27/h3,5-9,15,20,22-23H,2,4,10-14,16-18,27H2,1H3,(H,28,31)/t20?,22?,23-/m1/s1. The molecule has 0 radical (unpaired) electrons. The Labute approximate surface area is 211 Å². The average molecular weight is 501 g/mol. The van der Waals surface area contributed by atoms with Crippen molar-refractivity contribution in [3.05, 3.63) is 52.2 Å². The molecule has 0 aliphatic carbocycles. The Balaban J connectivity index is 1.53. The van der Waals surface area contributed by atoms with E-state index in [2.05, 4.69) is 22.3 Å². The van der Waals surface area contributed by atoms with E-state index in [0.717, 1.165) is 44.7 Å². The van der Waals surface area contributed by atoms with Crippen molar-refractivity contribution >= 4 is 23.2 Å². The fourth-order valence-electron chi connectivity index (χ4n) is 4.98. The predicted molar refractivity (Wildman–Crippen MR) is 137 cm³/mol. The highest BCUT2D eigenvalue weighted by Crippen LogP contribution is 2.28. The van der Waals surface area contributed by atoms with Gasteiger partial charge in [-0.1, -0.05) is 18.2 Å². The molecule has 0 saturated carbocycles. The number of benzene rings is 1. The van der Waals surface area contributed by atoms with E-state index >= 15 is 0 Å². The first kappa shape index (κ1) is 25.6. The number of amides is 2. The number of carbonyl (C=O) groups is 2. The number of hydrogen-bond acceptors (Lipinski definition) is 7. The number of rotatable bonds is 10. The maximum Gasteiger partial charge on any atom is 0.264 e. The molecule has 3 N–H and O–H groups in total. The molecule has 35 heavy (non-hydrogen) atoms. The maximum atomic E-state index is 13.2. The van der Waals surface area contributed by atoms with Crippen molar-refractivity contribution in [1.82, 2.24) is 15.1 Å². The van der Waals surface area contributed by atoms with Crippen LogP contribution in [0.15, 0.2) is 41.8 Å². The van der Waals surface area contributed by atoms with E-state index in [1.807, 2.05) is 29.6 Å². The van der Waals surface area contributed by atoms with E-state index in [-0.39, 0.29) is 24.0 Å². The van der Waals surface area contributed by atoms with Crippen LogP contribution in [-0.2, 0) is 16.1 Å². The summed E-state index contributed by atoms with van der Waals surface area (Å²) >= 11 is 1.41. The summed E-state index contributed by atoms with van der Waals surface area (Å²) in [6, 6.07) is 11.4.